The van der Waals surface area contributed by atoms with Gasteiger partial charge in [0.25, 0.3) is 0 Å². The molecule has 0 atom stereocenters. The van der Waals surface area contributed by atoms with E-state index < -0.39 is 0 Å². The van der Waals surface area contributed by atoms with Gasteiger partial charge in [-0.3, -0.25) is 0 Å². The molecule has 2 heteroatoms. The molecule has 2 aromatic carbocycles. The average Bonchev–Trinajstić information content (AvgIpc) is 2.38. The molecule has 0 aliphatic heterocycles. The Morgan fingerprint density at radius 1 is 1.21 bits per heavy atom. The SMILES string of the molecule is C=C(C)c1cc(C)c(OCc2ccccc2)c(F)c1. The molecule has 0 aliphatic rings. The molecule has 0 N–H and O–H groups in total. The van der Waals surface area contributed by atoms with Crippen molar-refractivity contribution < 1.29 is 9.13 Å². The Bertz CT molecular complexity index is 564. The van der Waals surface area contributed by atoms with Crippen LogP contribution >= 0.6 is 0 Å². The lowest BCUT2D eigenvalue weighted by atomic mass is 10.1. The van der Waals surface area contributed by atoms with E-state index in [2.05, 4.69) is 6.58 Å². The molecule has 0 amide bonds. The summed E-state index contributed by atoms with van der Waals surface area (Å²) in [5.41, 5.74) is 3.46. The molecule has 2 rings (SSSR count). The minimum atomic E-state index is -0.339. The summed E-state index contributed by atoms with van der Waals surface area (Å²) in [4.78, 5) is 0. The van der Waals surface area contributed by atoms with Gasteiger partial charge in [-0.05, 0) is 42.7 Å². The van der Waals surface area contributed by atoms with E-state index >= 15 is 0 Å². The van der Waals surface area contributed by atoms with Crippen molar-refractivity contribution in [1.29, 1.82) is 0 Å². The van der Waals surface area contributed by atoms with E-state index in [9.17, 15) is 4.39 Å². The lowest BCUT2D eigenvalue weighted by Gasteiger charge is -2.12. The van der Waals surface area contributed by atoms with Crippen LogP contribution in [0.2, 0.25) is 0 Å². The summed E-state index contributed by atoms with van der Waals surface area (Å²) >= 11 is 0. The first-order valence-electron chi connectivity index (χ1n) is 6.20. The summed E-state index contributed by atoms with van der Waals surface area (Å²) in [6.45, 7) is 7.89. The van der Waals surface area contributed by atoms with Gasteiger partial charge in [0.1, 0.15) is 6.61 Å². The van der Waals surface area contributed by atoms with E-state index in [1.165, 1.54) is 6.07 Å². The summed E-state index contributed by atoms with van der Waals surface area (Å²) in [6, 6.07) is 13.1. The van der Waals surface area contributed by atoms with Crippen molar-refractivity contribution in [3.63, 3.8) is 0 Å². The molecule has 0 fully saturated rings. The number of ether oxygens (including phenoxy) is 1. The lowest BCUT2D eigenvalue weighted by molar-refractivity contribution is 0.288. The maximum Gasteiger partial charge on any atom is 0.165 e. The molecule has 19 heavy (non-hydrogen) atoms. The second kappa shape index (κ2) is 5.70. The molecule has 0 aliphatic carbocycles. The third kappa shape index (κ3) is 3.22. The Morgan fingerprint density at radius 3 is 2.47 bits per heavy atom. The minimum Gasteiger partial charge on any atom is -0.486 e. The molecule has 0 saturated heterocycles. The quantitative estimate of drug-likeness (QED) is 0.767. The topological polar surface area (TPSA) is 9.23 Å². The van der Waals surface area contributed by atoms with Gasteiger partial charge in [-0.15, -0.1) is 0 Å². The number of aryl methyl sites for hydroxylation is 1. The van der Waals surface area contributed by atoms with Gasteiger partial charge in [-0.2, -0.15) is 0 Å². The number of allylic oxidation sites excluding steroid dienone is 1. The van der Waals surface area contributed by atoms with Crippen LogP contribution in [0.4, 0.5) is 4.39 Å². The van der Waals surface area contributed by atoms with Gasteiger partial charge in [0.15, 0.2) is 11.6 Å². The molecule has 0 radical (unpaired) electrons. The summed E-state index contributed by atoms with van der Waals surface area (Å²) in [5, 5.41) is 0. The van der Waals surface area contributed by atoms with Crippen molar-refractivity contribution in [3.05, 3.63) is 71.6 Å². The first kappa shape index (κ1) is 13.3. The van der Waals surface area contributed by atoms with E-state index in [0.717, 1.165) is 22.3 Å². The predicted octanol–water partition coefficient (Wildman–Crippen LogP) is 4.75. The summed E-state index contributed by atoms with van der Waals surface area (Å²) in [5.74, 6) is -0.0252. The number of halogens is 1. The highest BCUT2D eigenvalue weighted by atomic mass is 19.1. The summed E-state index contributed by atoms with van der Waals surface area (Å²) in [6.07, 6.45) is 0. The van der Waals surface area contributed by atoms with Crippen LogP contribution in [0, 0.1) is 12.7 Å². The number of hydrogen-bond acceptors (Lipinski definition) is 1. The molecule has 0 spiro atoms. The second-order valence-corrected chi connectivity index (χ2v) is 4.66. The predicted molar refractivity (Wildman–Crippen MR) is 76.6 cm³/mol. The van der Waals surface area contributed by atoms with Crippen molar-refractivity contribution >= 4 is 5.57 Å². The van der Waals surface area contributed by atoms with Crippen LogP contribution in [0.15, 0.2) is 49.0 Å². The maximum atomic E-state index is 14.0. The molecular formula is C17H17FO. The maximum absolute atomic E-state index is 14.0. The Labute approximate surface area is 113 Å². The third-order valence-electron chi connectivity index (χ3n) is 2.95. The van der Waals surface area contributed by atoms with E-state index in [4.69, 9.17) is 4.74 Å². The molecule has 0 unspecified atom stereocenters. The fraction of sp³-hybridized carbons (Fsp3) is 0.176. The fourth-order valence-electron chi connectivity index (χ4n) is 1.89. The molecule has 1 nitrogen and oxygen atoms in total. The van der Waals surface area contributed by atoms with Crippen molar-refractivity contribution in [2.24, 2.45) is 0 Å². The summed E-state index contributed by atoms with van der Waals surface area (Å²) in [7, 11) is 0. The standard InChI is InChI=1S/C17H17FO/c1-12(2)15-9-13(3)17(16(18)10-15)19-11-14-7-5-4-6-8-14/h4-10H,1,11H2,2-3H3. The van der Waals surface area contributed by atoms with E-state index in [0.29, 0.717) is 12.4 Å². The Morgan fingerprint density at radius 2 is 1.89 bits per heavy atom. The number of hydrogen-bond donors (Lipinski definition) is 0. The van der Waals surface area contributed by atoms with Crippen LogP contribution in [0.5, 0.6) is 5.75 Å². The van der Waals surface area contributed by atoms with Gasteiger partial charge in [-0.1, -0.05) is 42.5 Å². The smallest absolute Gasteiger partial charge is 0.165 e. The van der Waals surface area contributed by atoms with Crippen LogP contribution < -0.4 is 4.74 Å². The highest BCUT2D eigenvalue weighted by Gasteiger charge is 2.10. The third-order valence-corrected chi connectivity index (χ3v) is 2.95. The molecular weight excluding hydrogens is 239 g/mol. The van der Waals surface area contributed by atoms with Crippen LogP contribution in [0.25, 0.3) is 5.57 Å². The van der Waals surface area contributed by atoms with Crippen LogP contribution in [-0.2, 0) is 6.61 Å². The van der Waals surface area contributed by atoms with Gasteiger partial charge in [0, 0.05) is 0 Å². The minimum absolute atomic E-state index is 0.314. The van der Waals surface area contributed by atoms with Crippen molar-refractivity contribution in [2.75, 3.05) is 0 Å². The van der Waals surface area contributed by atoms with Gasteiger partial charge in [0.2, 0.25) is 0 Å². The zero-order chi connectivity index (χ0) is 13.8. The molecule has 98 valence electrons. The highest BCUT2D eigenvalue weighted by Crippen LogP contribution is 2.27. The van der Waals surface area contributed by atoms with Crippen molar-refractivity contribution in [2.45, 2.75) is 20.5 Å². The molecule has 0 heterocycles. The van der Waals surface area contributed by atoms with Crippen molar-refractivity contribution in [1.82, 2.24) is 0 Å². The van der Waals surface area contributed by atoms with E-state index in [-0.39, 0.29) is 5.82 Å². The first-order valence-corrected chi connectivity index (χ1v) is 6.20. The van der Waals surface area contributed by atoms with Crippen LogP contribution in [-0.4, -0.2) is 0 Å². The Balaban J connectivity index is 2.19. The monoisotopic (exact) mass is 256 g/mol. The average molecular weight is 256 g/mol. The van der Waals surface area contributed by atoms with Crippen LogP contribution in [0.1, 0.15) is 23.6 Å². The zero-order valence-corrected chi connectivity index (χ0v) is 11.2. The lowest BCUT2D eigenvalue weighted by Crippen LogP contribution is -2.00. The molecule has 0 saturated carbocycles. The molecule has 2 aromatic rings. The molecule has 0 bridgehead atoms. The van der Waals surface area contributed by atoms with Gasteiger partial charge in [0.05, 0.1) is 0 Å². The first-order chi connectivity index (χ1) is 9.08. The second-order valence-electron chi connectivity index (χ2n) is 4.66. The largest absolute Gasteiger partial charge is 0.486 e. The van der Waals surface area contributed by atoms with E-state index in [1.54, 1.807) is 0 Å². The number of rotatable bonds is 4. The summed E-state index contributed by atoms with van der Waals surface area (Å²) < 4.78 is 19.6. The zero-order valence-electron chi connectivity index (χ0n) is 11.2. The van der Waals surface area contributed by atoms with Crippen LogP contribution in [0.3, 0.4) is 0 Å². The van der Waals surface area contributed by atoms with Crippen molar-refractivity contribution in [3.8, 4) is 5.75 Å². The number of benzene rings is 2. The Hall–Kier alpha value is -2.09. The Kier molecular flexibility index (Phi) is 4.00. The highest BCUT2D eigenvalue weighted by molar-refractivity contribution is 5.63. The van der Waals surface area contributed by atoms with Gasteiger partial charge < -0.3 is 4.74 Å². The van der Waals surface area contributed by atoms with Gasteiger partial charge in [-0.25, -0.2) is 4.39 Å². The molecule has 0 aromatic heterocycles. The normalized spacial score (nSPS) is 10.3. The van der Waals surface area contributed by atoms with Gasteiger partial charge >= 0.3 is 0 Å². The fourth-order valence-corrected chi connectivity index (χ4v) is 1.89. The van der Waals surface area contributed by atoms with E-state index in [1.807, 2.05) is 50.2 Å².